The molecule has 2 aromatic heterocycles. The largest absolute Gasteiger partial charge is 0.353 e. The highest BCUT2D eigenvalue weighted by Crippen LogP contribution is 2.30. The van der Waals surface area contributed by atoms with Gasteiger partial charge in [0.25, 0.3) is 0 Å². The molecule has 7 nitrogen and oxygen atoms in total. The van der Waals surface area contributed by atoms with E-state index in [0.717, 1.165) is 56.2 Å². The number of carbonyl (C=O) groups excluding carboxylic acids is 1. The first kappa shape index (κ1) is 17.9. The summed E-state index contributed by atoms with van der Waals surface area (Å²) in [5.41, 5.74) is 2.20. The Morgan fingerprint density at radius 1 is 1.19 bits per heavy atom. The van der Waals surface area contributed by atoms with Crippen molar-refractivity contribution in [1.29, 1.82) is 0 Å². The summed E-state index contributed by atoms with van der Waals surface area (Å²) in [5, 5.41) is 4.49. The first-order valence-electron chi connectivity index (χ1n) is 9.91. The molecule has 144 valence electrons. The Bertz CT molecular complexity index is 789. The van der Waals surface area contributed by atoms with Crippen molar-refractivity contribution < 1.29 is 4.79 Å². The average Bonchev–Trinajstić information content (AvgIpc) is 2.85. The van der Waals surface area contributed by atoms with Gasteiger partial charge in [0.2, 0.25) is 5.91 Å². The van der Waals surface area contributed by atoms with Gasteiger partial charge in [-0.3, -0.25) is 14.5 Å². The summed E-state index contributed by atoms with van der Waals surface area (Å²) in [6.07, 6.45) is 8.97. The number of aryl methyl sites for hydroxylation is 3. The molecule has 7 heteroatoms. The fourth-order valence-electron chi connectivity index (χ4n) is 4.45. The Morgan fingerprint density at radius 2 is 2.07 bits per heavy atom. The van der Waals surface area contributed by atoms with Gasteiger partial charge in [0.05, 0.1) is 11.9 Å². The van der Waals surface area contributed by atoms with E-state index < -0.39 is 0 Å². The maximum absolute atomic E-state index is 12.9. The molecule has 2 atom stereocenters. The first-order chi connectivity index (χ1) is 13.1. The van der Waals surface area contributed by atoms with Gasteiger partial charge in [-0.25, -0.2) is 4.98 Å². The smallest absolute Gasteiger partial charge is 0.222 e. The molecule has 2 bridgehead atoms. The van der Waals surface area contributed by atoms with Gasteiger partial charge in [-0.15, -0.1) is 0 Å². The Balaban J connectivity index is 1.36. The lowest BCUT2D eigenvalue weighted by Crippen LogP contribution is -2.47. The Kier molecular flexibility index (Phi) is 5.09. The molecule has 5 heterocycles. The summed E-state index contributed by atoms with van der Waals surface area (Å²) in [6, 6.07) is 2.36. The fraction of sp³-hybridized carbons (Fsp3) is 0.600. The van der Waals surface area contributed by atoms with Crippen LogP contribution < -0.4 is 4.90 Å². The number of hydrogen-bond donors (Lipinski definition) is 0. The van der Waals surface area contributed by atoms with Crippen molar-refractivity contribution >= 4 is 11.7 Å². The highest BCUT2D eigenvalue weighted by Gasteiger charge is 2.37. The normalized spacial score (nSPS) is 22.1. The molecule has 3 aliphatic rings. The molecule has 3 aliphatic heterocycles. The van der Waals surface area contributed by atoms with Crippen LogP contribution in [0.15, 0.2) is 24.7 Å². The van der Waals surface area contributed by atoms with Crippen molar-refractivity contribution in [2.24, 2.45) is 5.92 Å². The molecule has 5 rings (SSSR count). The number of hydrogen-bond acceptors (Lipinski definition) is 5. The third kappa shape index (κ3) is 3.96. The highest BCUT2D eigenvalue weighted by atomic mass is 16.2. The van der Waals surface area contributed by atoms with E-state index >= 15 is 0 Å². The number of carbonyl (C=O) groups is 1. The molecule has 2 aromatic rings. The van der Waals surface area contributed by atoms with Crippen LogP contribution in [0.2, 0.25) is 0 Å². The second kappa shape index (κ2) is 7.66. The zero-order chi connectivity index (χ0) is 18.8. The van der Waals surface area contributed by atoms with E-state index in [4.69, 9.17) is 0 Å². The second-order valence-electron chi connectivity index (χ2n) is 7.87. The van der Waals surface area contributed by atoms with Crippen molar-refractivity contribution in [3.05, 3.63) is 36.0 Å². The van der Waals surface area contributed by atoms with Gasteiger partial charge in [-0.05, 0) is 45.1 Å². The Hall–Kier alpha value is -2.44. The van der Waals surface area contributed by atoms with Crippen LogP contribution in [0.4, 0.5) is 5.82 Å². The van der Waals surface area contributed by atoms with Gasteiger partial charge in [0.1, 0.15) is 5.82 Å². The zero-order valence-electron chi connectivity index (χ0n) is 16.2. The topological polar surface area (TPSA) is 67.2 Å². The van der Waals surface area contributed by atoms with Crippen LogP contribution in [-0.4, -0.2) is 56.2 Å². The van der Waals surface area contributed by atoms with Crippen molar-refractivity contribution in [2.75, 3.05) is 24.5 Å². The Labute approximate surface area is 160 Å². The molecular weight excluding hydrogens is 340 g/mol. The van der Waals surface area contributed by atoms with E-state index in [2.05, 4.69) is 37.9 Å². The molecule has 0 aromatic carbocycles. The third-order valence-corrected chi connectivity index (χ3v) is 5.77. The molecule has 0 saturated carbocycles. The number of fused-ring (bicyclic) bond motifs is 4. The average molecular weight is 368 g/mol. The van der Waals surface area contributed by atoms with Crippen LogP contribution in [0.25, 0.3) is 0 Å². The summed E-state index contributed by atoms with van der Waals surface area (Å²) in [6.45, 7) is 7.57. The molecular formula is C20H28N6O. The van der Waals surface area contributed by atoms with Crippen molar-refractivity contribution in [2.45, 2.75) is 52.1 Å². The lowest BCUT2D eigenvalue weighted by molar-refractivity contribution is -0.135. The first-order valence-corrected chi connectivity index (χ1v) is 9.91. The van der Waals surface area contributed by atoms with E-state index in [0.29, 0.717) is 12.3 Å². The fourth-order valence-corrected chi connectivity index (χ4v) is 4.45. The minimum atomic E-state index is 0.284. The van der Waals surface area contributed by atoms with E-state index in [1.54, 1.807) is 12.4 Å². The van der Waals surface area contributed by atoms with Crippen LogP contribution in [0.3, 0.4) is 0 Å². The second-order valence-corrected chi connectivity index (χ2v) is 7.87. The van der Waals surface area contributed by atoms with Crippen molar-refractivity contribution in [3.63, 3.8) is 0 Å². The van der Waals surface area contributed by atoms with E-state index in [-0.39, 0.29) is 11.9 Å². The molecule has 1 amide bonds. The van der Waals surface area contributed by atoms with Gasteiger partial charge in [0, 0.05) is 56.7 Å². The number of amides is 1. The van der Waals surface area contributed by atoms with Crippen LogP contribution >= 0.6 is 0 Å². The summed E-state index contributed by atoms with van der Waals surface area (Å²) in [4.78, 5) is 26.0. The molecule has 3 saturated heterocycles. The predicted octanol–water partition coefficient (Wildman–Crippen LogP) is 2.20. The number of aromatic nitrogens is 4. The van der Waals surface area contributed by atoms with Gasteiger partial charge in [-0.1, -0.05) is 0 Å². The number of piperidine rings is 1. The predicted molar refractivity (Wildman–Crippen MR) is 103 cm³/mol. The SMILES string of the molecule is Cc1cc(C)n(CCCC(=O)N2C[C@H]3CC[C@@H]2CN(c2cnccn2)C3)n1. The number of rotatable bonds is 5. The number of nitrogens with zero attached hydrogens (tertiary/aromatic N) is 6. The van der Waals surface area contributed by atoms with Crippen molar-refractivity contribution in [3.8, 4) is 0 Å². The quantitative estimate of drug-likeness (QED) is 0.809. The standard InChI is InChI=1S/C20H28N6O/c1-15-10-16(2)26(23-15)9-3-4-20(27)25-13-17-5-6-18(25)14-24(12-17)19-11-21-7-8-22-19/h7-8,10-11,17-18H,3-6,9,12-14H2,1-2H3/t17-,18+/m0/s1. The highest BCUT2D eigenvalue weighted by molar-refractivity contribution is 5.76. The van der Waals surface area contributed by atoms with E-state index in [9.17, 15) is 4.79 Å². The number of anilines is 1. The molecule has 3 fully saturated rings. The van der Waals surface area contributed by atoms with Crippen LogP contribution in [0.1, 0.15) is 37.1 Å². The molecule has 0 radical (unpaired) electrons. The minimum absolute atomic E-state index is 0.284. The molecule has 0 unspecified atom stereocenters. The summed E-state index contributed by atoms with van der Waals surface area (Å²) < 4.78 is 2.01. The summed E-state index contributed by atoms with van der Waals surface area (Å²) in [7, 11) is 0. The van der Waals surface area contributed by atoms with Crippen LogP contribution in [-0.2, 0) is 11.3 Å². The lowest BCUT2D eigenvalue weighted by Gasteiger charge is -2.36. The van der Waals surface area contributed by atoms with Crippen LogP contribution in [0.5, 0.6) is 0 Å². The Morgan fingerprint density at radius 3 is 2.81 bits per heavy atom. The van der Waals surface area contributed by atoms with E-state index in [1.165, 1.54) is 6.42 Å². The van der Waals surface area contributed by atoms with Crippen LogP contribution in [0, 0.1) is 19.8 Å². The summed E-state index contributed by atoms with van der Waals surface area (Å²) in [5.74, 6) is 1.73. The monoisotopic (exact) mass is 368 g/mol. The zero-order valence-corrected chi connectivity index (χ0v) is 16.2. The lowest BCUT2D eigenvalue weighted by atomic mass is 9.94. The maximum atomic E-state index is 12.9. The third-order valence-electron chi connectivity index (χ3n) is 5.77. The van der Waals surface area contributed by atoms with Gasteiger partial charge >= 0.3 is 0 Å². The molecule has 0 spiro atoms. The van der Waals surface area contributed by atoms with E-state index in [1.807, 2.05) is 17.8 Å². The van der Waals surface area contributed by atoms with Gasteiger partial charge < -0.3 is 9.80 Å². The van der Waals surface area contributed by atoms with Gasteiger partial charge in [-0.2, -0.15) is 5.10 Å². The van der Waals surface area contributed by atoms with Gasteiger partial charge in [0.15, 0.2) is 0 Å². The maximum Gasteiger partial charge on any atom is 0.222 e. The molecule has 27 heavy (non-hydrogen) atoms. The molecule has 0 N–H and O–H groups in total. The summed E-state index contributed by atoms with van der Waals surface area (Å²) >= 11 is 0. The molecule has 0 aliphatic carbocycles. The minimum Gasteiger partial charge on any atom is -0.353 e. The van der Waals surface area contributed by atoms with Crippen molar-refractivity contribution in [1.82, 2.24) is 24.6 Å².